The number of benzene rings is 1. The predicted molar refractivity (Wildman–Crippen MR) is 66.8 cm³/mol. The van der Waals surface area contributed by atoms with Crippen LogP contribution in [0.4, 0.5) is 14.6 Å². The first kappa shape index (κ1) is 13.9. The normalized spacial score (nSPS) is 11.3. The minimum Gasteiger partial charge on any atom is -0.384 e. The number of nitrogens with zero attached hydrogens (tertiary/aromatic N) is 1. The van der Waals surface area contributed by atoms with E-state index in [2.05, 4.69) is 10.2 Å². The van der Waals surface area contributed by atoms with Gasteiger partial charge in [-0.2, -0.15) is 5.10 Å². The lowest BCUT2D eigenvalue weighted by molar-refractivity contribution is 0.551. The first-order valence-corrected chi connectivity index (χ1v) is 6.65. The Kier molecular flexibility index (Phi) is 3.40. The highest BCUT2D eigenvalue weighted by atomic mass is 32.2. The molecule has 0 amide bonds. The van der Waals surface area contributed by atoms with Crippen molar-refractivity contribution in [2.45, 2.75) is 4.90 Å². The van der Waals surface area contributed by atoms with E-state index >= 15 is 0 Å². The van der Waals surface area contributed by atoms with Crippen molar-refractivity contribution in [2.75, 3.05) is 4.72 Å². The SMILES string of the molecule is N=C(N)c1cn[nH]c1NS(=O)(=O)c1ccc(F)cc1F. The third kappa shape index (κ3) is 2.59. The lowest BCUT2D eigenvalue weighted by Gasteiger charge is -2.08. The first-order chi connectivity index (χ1) is 9.31. The number of nitrogens with two attached hydrogens (primary N) is 1. The second-order valence-corrected chi connectivity index (χ2v) is 5.40. The van der Waals surface area contributed by atoms with Gasteiger partial charge >= 0.3 is 0 Å². The van der Waals surface area contributed by atoms with Gasteiger partial charge in [-0.15, -0.1) is 0 Å². The van der Waals surface area contributed by atoms with Gasteiger partial charge in [0, 0.05) is 6.07 Å². The van der Waals surface area contributed by atoms with Gasteiger partial charge in [-0.25, -0.2) is 17.2 Å². The summed E-state index contributed by atoms with van der Waals surface area (Å²) >= 11 is 0. The maximum absolute atomic E-state index is 13.5. The van der Waals surface area contributed by atoms with E-state index in [1.54, 1.807) is 0 Å². The smallest absolute Gasteiger partial charge is 0.265 e. The number of halogens is 2. The van der Waals surface area contributed by atoms with Gasteiger partial charge in [0.1, 0.15) is 28.2 Å². The average Bonchev–Trinajstić information content (AvgIpc) is 2.75. The maximum atomic E-state index is 13.5. The molecule has 0 aliphatic heterocycles. The number of hydrogen-bond acceptors (Lipinski definition) is 4. The molecule has 0 bridgehead atoms. The fraction of sp³-hybridized carbons (Fsp3) is 0. The number of sulfonamides is 1. The molecule has 0 aliphatic carbocycles. The van der Waals surface area contributed by atoms with Gasteiger partial charge < -0.3 is 5.73 Å². The van der Waals surface area contributed by atoms with Crippen molar-refractivity contribution in [3.63, 3.8) is 0 Å². The molecule has 0 aliphatic rings. The third-order valence-electron chi connectivity index (χ3n) is 2.35. The Bertz CT molecular complexity index is 772. The van der Waals surface area contributed by atoms with Crippen LogP contribution in [0.5, 0.6) is 0 Å². The zero-order valence-corrected chi connectivity index (χ0v) is 10.6. The Hall–Kier alpha value is -2.49. The quantitative estimate of drug-likeness (QED) is 0.491. The highest BCUT2D eigenvalue weighted by Gasteiger charge is 2.22. The average molecular weight is 301 g/mol. The van der Waals surface area contributed by atoms with Crippen molar-refractivity contribution < 1.29 is 17.2 Å². The molecule has 0 saturated carbocycles. The molecule has 1 heterocycles. The Morgan fingerprint density at radius 3 is 2.70 bits per heavy atom. The molecule has 0 radical (unpaired) electrons. The van der Waals surface area contributed by atoms with Gasteiger partial charge in [-0.3, -0.25) is 15.2 Å². The summed E-state index contributed by atoms with van der Waals surface area (Å²) in [6.45, 7) is 0. The van der Waals surface area contributed by atoms with E-state index in [-0.39, 0.29) is 11.4 Å². The lowest BCUT2D eigenvalue weighted by atomic mass is 10.3. The molecule has 106 valence electrons. The fourth-order valence-electron chi connectivity index (χ4n) is 1.45. The summed E-state index contributed by atoms with van der Waals surface area (Å²) in [6, 6.07) is 2.06. The van der Waals surface area contributed by atoms with Crippen molar-refractivity contribution in [3.05, 3.63) is 41.6 Å². The van der Waals surface area contributed by atoms with Crippen molar-refractivity contribution in [3.8, 4) is 0 Å². The monoisotopic (exact) mass is 301 g/mol. The molecule has 5 N–H and O–H groups in total. The number of aromatic nitrogens is 2. The van der Waals surface area contributed by atoms with Crippen molar-refractivity contribution in [1.29, 1.82) is 5.41 Å². The molecule has 0 spiro atoms. The number of nitrogens with one attached hydrogen (secondary N) is 3. The van der Waals surface area contributed by atoms with Crippen LogP contribution in [0.1, 0.15) is 5.56 Å². The molecule has 2 aromatic rings. The van der Waals surface area contributed by atoms with Crippen LogP contribution in [0.15, 0.2) is 29.3 Å². The van der Waals surface area contributed by atoms with Crippen molar-refractivity contribution >= 4 is 21.7 Å². The van der Waals surface area contributed by atoms with Crippen LogP contribution in [-0.4, -0.2) is 24.5 Å². The van der Waals surface area contributed by atoms with Crippen LogP contribution in [0.2, 0.25) is 0 Å². The molecule has 7 nitrogen and oxygen atoms in total. The minimum absolute atomic E-state index is 0.0103. The molecule has 0 unspecified atom stereocenters. The highest BCUT2D eigenvalue weighted by Crippen LogP contribution is 2.20. The summed E-state index contributed by atoms with van der Waals surface area (Å²) in [6.07, 6.45) is 1.14. The van der Waals surface area contributed by atoms with Gasteiger partial charge in [-0.05, 0) is 12.1 Å². The number of anilines is 1. The number of hydrogen-bond donors (Lipinski definition) is 4. The molecule has 0 saturated heterocycles. The predicted octanol–water partition coefficient (Wildman–Crippen LogP) is 0.773. The number of amidine groups is 1. The third-order valence-corrected chi connectivity index (χ3v) is 3.73. The zero-order chi connectivity index (χ0) is 14.9. The Morgan fingerprint density at radius 1 is 1.40 bits per heavy atom. The Morgan fingerprint density at radius 2 is 2.10 bits per heavy atom. The number of nitrogen functional groups attached to an aromatic ring is 1. The molecular formula is C10H9F2N5O2S. The topological polar surface area (TPSA) is 125 Å². The van der Waals surface area contributed by atoms with E-state index < -0.39 is 32.4 Å². The molecular weight excluding hydrogens is 292 g/mol. The fourth-order valence-corrected chi connectivity index (χ4v) is 2.55. The molecule has 2 rings (SSSR count). The summed E-state index contributed by atoms with van der Waals surface area (Å²) in [4.78, 5) is -0.733. The summed E-state index contributed by atoms with van der Waals surface area (Å²) in [5.41, 5.74) is 5.24. The van der Waals surface area contributed by atoms with Crippen LogP contribution < -0.4 is 10.5 Å². The summed E-state index contributed by atoms with van der Waals surface area (Å²) in [7, 11) is -4.30. The summed E-state index contributed by atoms with van der Waals surface area (Å²) in [5, 5.41) is 13.1. The minimum atomic E-state index is -4.30. The van der Waals surface area contributed by atoms with Crippen LogP contribution in [0.25, 0.3) is 0 Å². The van der Waals surface area contributed by atoms with Crippen LogP contribution in [-0.2, 0) is 10.0 Å². The molecule has 1 aromatic heterocycles. The molecule has 0 fully saturated rings. The lowest BCUT2D eigenvalue weighted by Crippen LogP contribution is -2.19. The molecule has 10 heteroatoms. The summed E-state index contributed by atoms with van der Waals surface area (Å²) < 4.78 is 52.2. The molecule has 1 aromatic carbocycles. The van der Waals surface area contributed by atoms with Crippen molar-refractivity contribution in [1.82, 2.24) is 10.2 Å². The largest absolute Gasteiger partial charge is 0.384 e. The van der Waals surface area contributed by atoms with Crippen LogP contribution >= 0.6 is 0 Å². The first-order valence-electron chi connectivity index (χ1n) is 5.17. The van der Waals surface area contributed by atoms with E-state index in [0.717, 1.165) is 18.3 Å². The number of aromatic amines is 1. The number of H-pyrrole nitrogens is 1. The van der Waals surface area contributed by atoms with Crippen LogP contribution in [0.3, 0.4) is 0 Å². The Balaban J connectivity index is 2.41. The zero-order valence-electron chi connectivity index (χ0n) is 9.81. The van der Waals surface area contributed by atoms with Crippen molar-refractivity contribution in [2.24, 2.45) is 5.73 Å². The van der Waals surface area contributed by atoms with E-state index in [0.29, 0.717) is 6.07 Å². The number of rotatable bonds is 4. The van der Waals surface area contributed by atoms with Gasteiger partial charge in [-0.1, -0.05) is 0 Å². The van der Waals surface area contributed by atoms with E-state index in [9.17, 15) is 17.2 Å². The summed E-state index contributed by atoms with van der Waals surface area (Å²) in [5.74, 6) is -2.73. The second-order valence-electron chi connectivity index (χ2n) is 3.75. The van der Waals surface area contributed by atoms with Gasteiger partial charge in [0.25, 0.3) is 10.0 Å². The van der Waals surface area contributed by atoms with E-state index in [4.69, 9.17) is 11.1 Å². The van der Waals surface area contributed by atoms with E-state index in [1.807, 2.05) is 4.72 Å². The van der Waals surface area contributed by atoms with Gasteiger partial charge in [0.05, 0.1) is 11.8 Å². The van der Waals surface area contributed by atoms with E-state index in [1.165, 1.54) is 0 Å². The maximum Gasteiger partial charge on any atom is 0.265 e. The standard InChI is InChI=1S/C10H9F2N5O2S/c11-5-1-2-8(7(12)3-5)20(18,19)17-10-6(9(13)14)4-15-16-10/h1-4H,(H3,13,14)(H2,15,16,17). The molecule has 20 heavy (non-hydrogen) atoms. The second kappa shape index (κ2) is 4.89. The highest BCUT2D eigenvalue weighted by molar-refractivity contribution is 7.92. The van der Waals surface area contributed by atoms with Crippen LogP contribution in [0, 0.1) is 17.0 Å². The Labute approximate surface area is 112 Å². The molecule has 0 atom stereocenters. The van der Waals surface area contributed by atoms with Gasteiger partial charge in [0.15, 0.2) is 0 Å². The van der Waals surface area contributed by atoms with Gasteiger partial charge in [0.2, 0.25) is 0 Å².